The second kappa shape index (κ2) is 20.4. The van der Waals surface area contributed by atoms with E-state index in [4.69, 9.17) is 15.9 Å². The van der Waals surface area contributed by atoms with Gasteiger partial charge in [-0.2, -0.15) is 10.2 Å². The van der Waals surface area contributed by atoms with E-state index < -0.39 is 66.4 Å². The normalized spacial score (nSPS) is 17.7. The van der Waals surface area contributed by atoms with Gasteiger partial charge in [0.25, 0.3) is 0 Å². The summed E-state index contributed by atoms with van der Waals surface area (Å²) >= 11 is 0. The third kappa shape index (κ3) is 12.8. The SMILES string of the molecule is CC(C)C[C@H](NC(=O)[C@@H]1CCCN1C(=O)Oc1ccc(N=Nc2ccccc2)cc1)C(=O)NCC(=O)N1CCC[C@H]1C(=O)N[C@@H](CCCNC(=N)N)C(=O)O. The summed E-state index contributed by atoms with van der Waals surface area (Å²) in [5, 5.41) is 35.6. The molecule has 0 unspecified atom stereocenters. The number of carboxylic acid groups (broad SMARTS) is 1. The number of azo groups is 1. The molecule has 4 atom stereocenters. The van der Waals surface area contributed by atoms with Gasteiger partial charge in [0.05, 0.1) is 17.9 Å². The fourth-order valence-corrected chi connectivity index (χ4v) is 6.36. The maximum atomic E-state index is 13.5. The smallest absolute Gasteiger partial charge is 0.415 e. The van der Waals surface area contributed by atoms with Crippen LogP contribution in [0, 0.1) is 11.3 Å². The van der Waals surface area contributed by atoms with E-state index in [2.05, 4.69) is 31.5 Å². The largest absolute Gasteiger partial charge is 0.480 e. The average molecular weight is 763 g/mol. The highest BCUT2D eigenvalue weighted by molar-refractivity contribution is 5.95. The van der Waals surface area contributed by atoms with Crippen LogP contribution in [-0.4, -0.2) is 107 Å². The molecule has 2 aromatic rings. The zero-order valence-electron chi connectivity index (χ0n) is 31.0. The highest BCUT2D eigenvalue weighted by Gasteiger charge is 2.38. The van der Waals surface area contributed by atoms with Crippen LogP contribution in [0.25, 0.3) is 0 Å². The Balaban J connectivity index is 1.29. The summed E-state index contributed by atoms with van der Waals surface area (Å²) in [6.45, 7) is 4.10. The number of guanidine groups is 1. The van der Waals surface area contributed by atoms with Crippen LogP contribution >= 0.6 is 0 Å². The van der Waals surface area contributed by atoms with Crippen molar-refractivity contribution in [3.05, 3.63) is 54.6 Å². The van der Waals surface area contributed by atoms with Crippen LogP contribution in [0.4, 0.5) is 16.2 Å². The summed E-state index contributed by atoms with van der Waals surface area (Å²) in [7, 11) is 0. The third-order valence-corrected chi connectivity index (χ3v) is 9.10. The van der Waals surface area contributed by atoms with Gasteiger partial charge < -0.3 is 41.7 Å². The molecule has 0 aliphatic carbocycles. The van der Waals surface area contributed by atoms with Crippen molar-refractivity contribution in [2.45, 2.75) is 83.0 Å². The van der Waals surface area contributed by atoms with Gasteiger partial charge in [-0.05, 0) is 87.3 Å². The Morgan fingerprint density at radius 2 is 1.44 bits per heavy atom. The highest BCUT2D eigenvalue weighted by atomic mass is 16.6. The van der Waals surface area contributed by atoms with Crippen molar-refractivity contribution in [3.63, 3.8) is 0 Å². The molecule has 2 aliphatic heterocycles. The molecule has 18 nitrogen and oxygen atoms in total. The molecule has 0 aromatic heterocycles. The average Bonchev–Trinajstić information content (AvgIpc) is 3.86. The van der Waals surface area contributed by atoms with Gasteiger partial charge in [-0.15, -0.1) is 0 Å². The minimum absolute atomic E-state index is 0.0151. The Kier molecular flexibility index (Phi) is 15.5. The number of carboxylic acids is 1. The van der Waals surface area contributed by atoms with E-state index in [0.717, 1.165) is 0 Å². The third-order valence-electron chi connectivity index (χ3n) is 9.10. The lowest BCUT2D eigenvalue weighted by atomic mass is 10.0. The van der Waals surface area contributed by atoms with Gasteiger partial charge in [-0.25, -0.2) is 9.59 Å². The van der Waals surface area contributed by atoms with Gasteiger partial charge in [0.2, 0.25) is 23.6 Å². The number of rotatable bonds is 17. The van der Waals surface area contributed by atoms with Crippen LogP contribution in [0.5, 0.6) is 5.75 Å². The molecule has 0 bridgehead atoms. The van der Waals surface area contributed by atoms with Crippen molar-refractivity contribution < 1.29 is 38.6 Å². The number of aliphatic carboxylic acids is 1. The summed E-state index contributed by atoms with van der Waals surface area (Å²) < 4.78 is 5.56. The molecule has 0 spiro atoms. The number of hydrogen-bond donors (Lipinski definition) is 7. The van der Waals surface area contributed by atoms with Gasteiger partial charge in [0.1, 0.15) is 29.9 Å². The second-order valence-electron chi connectivity index (χ2n) is 13.8. The van der Waals surface area contributed by atoms with Gasteiger partial charge in [0.15, 0.2) is 5.96 Å². The van der Waals surface area contributed by atoms with E-state index in [1.807, 2.05) is 44.2 Å². The Bertz CT molecular complexity index is 1710. The Labute approximate surface area is 319 Å². The monoisotopic (exact) mass is 762 g/mol. The maximum absolute atomic E-state index is 13.5. The number of nitrogens with one attached hydrogen (secondary N) is 5. The molecular formula is C37H50N10O8. The van der Waals surface area contributed by atoms with E-state index in [9.17, 15) is 33.9 Å². The maximum Gasteiger partial charge on any atom is 0.415 e. The molecule has 2 fully saturated rings. The standard InChI is InChI=1S/C37H50N10O8/c1-23(2)21-28(32(49)41-22-31(48)46-19-7-12-29(46)33(50)42-27(35(52)53)11-6-18-40-36(38)39)43-34(51)30-13-8-20-47(30)37(54)55-26-16-14-25(15-17-26)45-44-24-9-4-3-5-10-24/h3-5,9-10,14-17,23,27-30H,6-8,11-13,18-22H2,1-2H3,(H,41,49)(H,42,50)(H,43,51)(H,52,53)(H4,38,39,40)/t27-,28-,29-,30-/m0/s1. The van der Waals surface area contributed by atoms with Crippen LogP contribution < -0.4 is 31.7 Å². The number of carbonyl (C=O) groups is 6. The lowest BCUT2D eigenvalue weighted by molar-refractivity contribution is -0.144. The molecular weight excluding hydrogens is 712 g/mol. The zero-order chi connectivity index (χ0) is 39.9. The number of benzene rings is 2. The van der Waals surface area contributed by atoms with Crippen LogP contribution in [0.2, 0.25) is 0 Å². The molecule has 55 heavy (non-hydrogen) atoms. The van der Waals surface area contributed by atoms with Crippen LogP contribution in [0.3, 0.4) is 0 Å². The summed E-state index contributed by atoms with van der Waals surface area (Å²) in [5.41, 5.74) is 6.49. The number of hydrogen-bond acceptors (Lipinski definition) is 10. The van der Waals surface area contributed by atoms with Crippen molar-refractivity contribution >= 4 is 53.0 Å². The summed E-state index contributed by atoms with van der Waals surface area (Å²) in [4.78, 5) is 80.8. The van der Waals surface area contributed by atoms with Crippen molar-refractivity contribution in [2.75, 3.05) is 26.2 Å². The molecule has 0 radical (unpaired) electrons. The van der Waals surface area contributed by atoms with Crippen molar-refractivity contribution in [3.8, 4) is 5.75 Å². The van der Waals surface area contributed by atoms with Crippen molar-refractivity contribution in [1.82, 2.24) is 31.1 Å². The number of carbonyl (C=O) groups excluding carboxylic acids is 5. The Morgan fingerprint density at radius 3 is 2.04 bits per heavy atom. The highest BCUT2D eigenvalue weighted by Crippen LogP contribution is 2.24. The zero-order valence-corrected chi connectivity index (χ0v) is 31.0. The summed E-state index contributed by atoms with van der Waals surface area (Å²) in [5.74, 6) is -3.51. The van der Waals surface area contributed by atoms with E-state index in [0.29, 0.717) is 43.5 Å². The molecule has 2 saturated heterocycles. The number of amides is 5. The first-order valence-corrected chi connectivity index (χ1v) is 18.4. The summed E-state index contributed by atoms with van der Waals surface area (Å²) in [6, 6.07) is 11.7. The van der Waals surface area contributed by atoms with E-state index in [1.165, 1.54) is 9.80 Å². The van der Waals surface area contributed by atoms with Gasteiger partial charge in [-0.1, -0.05) is 32.0 Å². The molecule has 2 aliphatic rings. The molecule has 8 N–H and O–H groups in total. The van der Waals surface area contributed by atoms with E-state index >= 15 is 0 Å². The number of ether oxygens (including phenoxy) is 1. The van der Waals surface area contributed by atoms with Gasteiger partial charge >= 0.3 is 12.1 Å². The Hall–Kier alpha value is -6.07. The molecule has 296 valence electrons. The molecule has 0 saturated carbocycles. The molecule has 2 heterocycles. The van der Waals surface area contributed by atoms with E-state index in [-0.39, 0.29) is 50.1 Å². The predicted molar refractivity (Wildman–Crippen MR) is 201 cm³/mol. The van der Waals surface area contributed by atoms with Gasteiger partial charge in [0, 0.05) is 19.6 Å². The topological polar surface area (TPSA) is 261 Å². The van der Waals surface area contributed by atoms with Crippen molar-refractivity contribution in [1.29, 1.82) is 5.41 Å². The first-order valence-electron chi connectivity index (χ1n) is 18.4. The lowest BCUT2D eigenvalue weighted by Gasteiger charge is -2.27. The molecule has 4 rings (SSSR count). The van der Waals surface area contributed by atoms with Crippen LogP contribution in [0.15, 0.2) is 64.8 Å². The first kappa shape index (κ1) is 41.7. The fraction of sp³-hybridized carbons (Fsp3) is 0.486. The minimum Gasteiger partial charge on any atom is -0.480 e. The minimum atomic E-state index is -1.23. The number of likely N-dealkylation sites (tertiary alicyclic amines) is 2. The lowest BCUT2D eigenvalue weighted by Crippen LogP contribution is -2.55. The number of nitrogens with zero attached hydrogens (tertiary/aromatic N) is 4. The van der Waals surface area contributed by atoms with Gasteiger partial charge in [-0.3, -0.25) is 29.5 Å². The van der Waals surface area contributed by atoms with E-state index in [1.54, 1.807) is 24.3 Å². The van der Waals surface area contributed by atoms with Crippen LogP contribution in [-0.2, 0) is 24.0 Å². The Morgan fingerprint density at radius 1 is 0.855 bits per heavy atom. The molecule has 5 amide bonds. The molecule has 18 heteroatoms. The predicted octanol–water partition coefficient (Wildman–Crippen LogP) is 2.54. The molecule has 2 aromatic carbocycles. The second-order valence-corrected chi connectivity index (χ2v) is 13.8. The van der Waals surface area contributed by atoms with Crippen molar-refractivity contribution in [2.24, 2.45) is 21.9 Å². The summed E-state index contributed by atoms with van der Waals surface area (Å²) in [6.07, 6.45) is 1.70. The number of nitrogens with two attached hydrogens (primary N) is 1. The fourth-order valence-electron chi connectivity index (χ4n) is 6.36. The van der Waals surface area contributed by atoms with Crippen LogP contribution in [0.1, 0.15) is 58.8 Å². The first-order chi connectivity index (χ1) is 26.3. The quantitative estimate of drug-likeness (QED) is 0.0536.